The topological polar surface area (TPSA) is 26.0 Å². The van der Waals surface area contributed by atoms with Gasteiger partial charge in [0.25, 0.3) is 0 Å². The molecular formula is C5H14NPS. The van der Waals surface area contributed by atoms with E-state index in [1.807, 2.05) is 0 Å². The quantitative estimate of drug-likeness (QED) is 0.456. The summed E-state index contributed by atoms with van der Waals surface area (Å²) in [5.41, 5.74) is 5.61. The van der Waals surface area contributed by atoms with Crippen molar-refractivity contribution in [3.63, 3.8) is 0 Å². The average molecular weight is 151 g/mol. The lowest BCUT2D eigenvalue weighted by Crippen LogP contribution is -2.24. The molecule has 8 heavy (non-hydrogen) atoms. The van der Waals surface area contributed by atoms with Crippen molar-refractivity contribution in [3.8, 4) is 0 Å². The Kier molecular flexibility index (Phi) is 5.03. The maximum atomic E-state index is 5.61. The molecule has 0 amide bonds. The molecule has 2 N–H and O–H groups in total. The smallest absolute Gasteiger partial charge is 0.0167 e. The van der Waals surface area contributed by atoms with E-state index in [9.17, 15) is 0 Å². The number of thiol groups is 1. The summed E-state index contributed by atoms with van der Waals surface area (Å²) in [4.78, 5) is 0. The van der Waals surface area contributed by atoms with Crippen LogP contribution in [0, 0.1) is 0 Å². The average Bonchev–Trinajstić information content (AvgIpc) is 1.65. The Morgan fingerprint density at radius 3 is 2.25 bits per heavy atom. The van der Waals surface area contributed by atoms with E-state index < -0.39 is 0 Å². The van der Waals surface area contributed by atoms with Crippen LogP contribution in [0.2, 0.25) is 0 Å². The minimum Gasteiger partial charge on any atom is -0.327 e. The van der Waals surface area contributed by atoms with Gasteiger partial charge in [0.05, 0.1) is 0 Å². The van der Waals surface area contributed by atoms with Gasteiger partial charge in [-0.3, -0.25) is 0 Å². The van der Waals surface area contributed by atoms with Crippen LogP contribution in [-0.4, -0.2) is 31.3 Å². The zero-order valence-corrected chi connectivity index (χ0v) is 7.25. The first-order valence-electron chi connectivity index (χ1n) is 2.68. The minimum absolute atomic E-state index is 0.180. The molecule has 50 valence electrons. The van der Waals surface area contributed by atoms with Crippen LogP contribution < -0.4 is 5.73 Å². The fraction of sp³-hybridized carbons (Fsp3) is 1.00. The third-order valence-corrected chi connectivity index (χ3v) is 2.50. The van der Waals surface area contributed by atoms with E-state index in [1.54, 1.807) is 0 Å². The maximum absolute atomic E-state index is 5.61. The van der Waals surface area contributed by atoms with Gasteiger partial charge < -0.3 is 5.73 Å². The Hall–Kier alpha value is 0.740. The molecule has 0 aliphatic carbocycles. The molecule has 0 aromatic heterocycles. The highest BCUT2D eigenvalue weighted by atomic mass is 32.1. The predicted molar refractivity (Wildman–Crippen MR) is 45.5 cm³/mol. The molecule has 0 radical (unpaired) electrons. The van der Waals surface area contributed by atoms with Crippen LogP contribution in [0.1, 0.15) is 0 Å². The van der Waals surface area contributed by atoms with Crippen molar-refractivity contribution in [2.45, 2.75) is 6.04 Å². The summed E-state index contributed by atoms with van der Waals surface area (Å²) in [6, 6.07) is 0.319. The highest BCUT2D eigenvalue weighted by Crippen LogP contribution is 2.24. The minimum atomic E-state index is 0.180. The first-order valence-corrected chi connectivity index (χ1v) is 5.73. The number of hydrogen-bond acceptors (Lipinski definition) is 2. The third kappa shape index (κ3) is 4.89. The van der Waals surface area contributed by atoms with E-state index in [0.29, 0.717) is 6.04 Å². The fourth-order valence-electron chi connectivity index (χ4n) is 0.527. The SMILES string of the molecule is CP(C)C[C@@H](N)CS. The number of rotatable bonds is 3. The molecule has 0 saturated carbocycles. The van der Waals surface area contributed by atoms with Crippen LogP contribution in [0.15, 0.2) is 0 Å². The van der Waals surface area contributed by atoms with Gasteiger partial charge in [-0.05, 0) is 19.5 Å². The molecule has 0 rings (SSSR count). The Balaban J connectivity index is 3.10. The second kappa shape index (κ2) is 4.60. The van der Waals surface area contributed by atoms with Crippen molar-refractivity contribution >= 4 is 20.6 Å². The first kappa shape index (κ1) is 8.74. The third-order valence-electron chi connectivity index (χ3n) is 0.834. The van der Waals surface area contributed by atoms with Crippen molar-refractivity contribution in [1.82, 2.24) is 0 Å². The molecule has 0 aliphatic rings. The Morgan fingerprint density at radius 2 is 2.12 bits per heavy atom. The van der Waals surface area contributed by atoms with E-state index >= 15 is 0 Å². The summed E-state index contributed by atoms with van der Waals surface area (Å²) < 4.78 is 0. The highest BCUT2D eigenvalue weighted by molar-refractivity contribution is 7.80. The van der Waals surface area contributed by atoms with Gasteiger partial charge in [-0.2, -0.15) is 12.6 Å². The van der Waals surface area contributed by atoms with Crippen LogP contribution in [0.3, 0.4) is 0 Å². The second-order valence-corrected chi connectivity index (χ2v) is 5.09. The molecule has 0 bridgehead atoms. The molecule has 0 saturated heterocycles. The van der Waals surface area contributed by atoms with Crippen molar-refractivity contribution in [2.75, 3.05) is 25.2 Å². The van der Waals surface area contributed by atoms with E-state index in [1.165, 1.54) is 0 Å². The number of nitrogens with two attached hydrogens (primary N) is 1. The van der Waals surface area contributed by atoms with E-state index in [-0.39, 0.29) is 7.92 Å². The summed E-state index contributed by atoms with van der Waals surface area (Å²) in [6.07, 6.45) is 1.15. The van der Waals surface area contributed by atoms with E-state index in [4.69, 9.17) is 5.73 Å². The van der Waals surface area contributed by atoms with Crippen LogP contribution in [-0.2, 0) is 0 Å². The Morgan fingerprint density at radius 1 is 1.62 bits per heavy atom. The molecule has 0 spiro atoms. The van der Waals surface area contributed by atoms with E-state index in [2.05, 4.69) is 26.0 Å². The largest absolute Gasteiger partial charge is 0.327 e. The molecule has 0 heterocycles. The highest BCUT2D eigenvalue weighted by Gasteiger charge is 2.00. The van der Waals surface area contributed by atoms with Crippen molar-refractivity contribution < 1.29 is 0 Å². The molecule has 3 heteroatoms. The van der Waals surface area contributed by atoms with Crippen LogP contribution in [0.5, 0.6) is 0 Å². The zero-order chi connectivity index (χ0) is 6.57. The lowest BCUT2D eigenvalue weighted by molar-refractivity contribution is 0.858. The van der Waals surface area contributed by atoms with Gasteiger partial charge in [0.2, 0.25) is 0 Å². The Labute approximate surface area is 58.2 Å². The number of hydrogen-bond donors (Lipinski definition) is 2. The summed E-state index contributed by atoms with van der Waals surface area (Å²) in [5.74, 6) is 0.820. The molecule has 0 fully saturated rings. The molecule has 1 atom stereocenters. The molecule has 0 aromatic carbocycles. The molecule has 0 aromatic rings. The van der Waals surface area contributed by atoms with Crippen LogP contribution in [0.4, 0.5) is 0 Å². The van der Waals surface area contributed by atoms with Gasteiger partial charge in [0, 0.05) is 11.8 Å². The second-order valence-electron chi connectivity index (χ2n) is 2.20. The molecule has 0 unspecified atom stereocenters. The van der Waals surface area contributed by atoms with Gasteiger partial charge in [-0.15, -0.1) is 7.92 Å². The maximum Gasteiger partial charge on any atom is 0.0167 e. The van der Waals surface area contributed by atoms with Crippen LogP contribution in [0.25, 0.3) is 0 Å². The van der Waals surface area contributed by atoms with Crippen molar-refractivity contribution in [3.05, 3.63) is 0 Å². The molecule has 1 nitrogen and oxygen atoms in total. The predicted octanol–water partition coefficient (Wildman–Crippen LogP) is 0.985. The lowest BCUT2D eigenvalue weighted by Gasteiger charge is -2.10. The molecular weight excluding hydrogens is 137 g/mol. The summed E-state index contributed by atoms with van der Waals surface area (Å²) >= 11 is 4.08. The van der Waals surface area contributed by atoms with Gasteiger partial charge in [-0.25, -0.2) is 0 Å². The van der Waals surface area contributed by atoms with Crippen LogP contribution >= 0.6 is 20.6 Å². The van der Waals surface area contributed by atoms with Gasteiger partial charge in [-0.1, -0.05) is 0 Å². The zero-order valence-electron chi connectivity index (χ0n) is 5.46. The summed E-state index contributed by atoms with van der Waals surface area (Å²) in [6.45, 7) is 4.47. The van der Waals surface area contributed by atoms with Gasteiger partial charge >= 0.3 is 0 Å². The van der Waals surface area contributed by atoms with Crippen molar-refractivity contribution in [2.24, 2.45) is 5.73 Å². The molecule has 0 aliphatic heterocycles. The monoisotopic (exact) mass is 151 g/mol. The fourth-order valence-corrected chi connectivity index (χ4v) is 1.93. The van der Waals surface area contributed by atoms with Gasteiger partial charge in [0.1, 0.15) is 0 Å². The Bertz CT molecular complexity index is 58.4. The lowest BCUT2D eigenvalue weighted by atomic mass is 10.4. The van der Waals surface area contributed by atoms with E-state index in [0.717, 1.165) is 11.9 Å². The first-order chi connectivity index (χ1) is 3.66. The normalized spacial score (nSPS) is 14.6. The van der Waals surface area contributed by atoms with Gasteiger partial charge in [0.15, 0.2) is 0 Å². The summed E-state index contributed by atoms with van der Waals surface area (Å²) in [5, 5.41) is 0. The standard InChI is InChI=1S/C5H14NPS/c1-7(2)3-5(6)4-8/h5,8H,3-4,6H2,1-2H3/t5-/m1/s1. The summed E-state index contributed by atoms with van der Waals surface area (Å²) in [7, 11) is 0.180. The van der Waals surface area contributed by atoms with Crippen molar-refractivity contribution in [1.29, 1.82) is 0 Å².